The Hall–Kier alpha value is -2.89. The van der Waals surface area contributed by atoms with Gasteiger partial charge in [0, 0.05) is 19.6 Å². The van der Waals surface area contributed by atoms with Crippen LogP contribution in [0, 0.1) is 0 Å². The summed E-state index contributed by atoms with van der Waals surface area (Å²) in [6.45, 7) is 5.51. The summed E-state index contributed by atoms with van der Waals surface area (Å²) in [5.74, 6) is 2.04. The van der Waals surface area contributed by atoms with Crippen molar-refractivity contribution in [1.29, 1.82) is 0 Å². The van der Waals surface area contributed by atoms with Gasteiger partial charge in [0.15, 0.2) is 17.0 Å². The third kappa shape index (κ3) is 3.68. The highest BCUT2D eigenvalue weighted by molar-refractivity contribution is 9.10. The third-order valence-corrected chi connectivity index (χ3v) is 7.30. The standard InChI is InChI=1S/C21H19BrCl2N10/c1-2-32-9-26-17-19(25-7-16-28-13-5-11(23)12(24)6-14(13)29-16)30-21(31-20(17)32)33-3-4-34-10-27-18(22)15(34)8-33/h5-6,9-10H,2-4,7-8H2,1H3,(H,28,29)(H,25,30,31). The monoisotopic (exact) mass is 560 g/mol. The van der Waals surface area contributed by atoms with E-state index >= 15 is 0 Å². The van der Waals surface area contributed by atoms with Crippen LogP contribution < -0.4 is 10.2 Å². The van der Waals surface area contributed by atoms with Crippen molar-refractivity contribution < 1.29 is 0 Å². The molecule has 13 heteroatoms. The van der Waals surface area contributed by atoms with E-state index in [0.29, 0.717) is 34.9 Å². The van der Waals surface area contributed by atoms with Gasteiger partial charge < -0.3 is 24.3 Å². The number of hydrogen-bond acceptors (Lipinski definition) is 7. The van der Waals surface area contributed by atoms with Crippen molar-refractivity contribution in [2.45, 2.75) is 33.1 Å². The smallest absolute Gasteiger partial charge is 0.229 e. The lowest BCUT2D eigenvalue weighted by molar-refractivity contribution is 0.561. The van der Waals surface area contributed by atoms with Gasteiger partial charge in [0.1, 0.15) is 10.4 Å². The lowest BCUT2D eigenvalue weighted by Crippen LogP contribution is -2.34. The second-order valence-corrected chi connectivity index (χ2v) is 9.56. The topological polar surface area (TPSA) is 105 Å². The first-order valence-corrected chi connectivity index (χ1v) is 12.3. The summed E-state index contributed by atoms with van der Waals surface area (Å²) in [5, 5.41) is 4.36. The molecule has 0 saturated carbocycles. The number of H-pyrrole nitrogens is 1. The zero-order valence-electron chi connectivity index (χ0n) is 18.1. The minimum Gasteiger partial charge on any atom is -0.361 e. The van der Waals surface area contributed by atoms with Crippen LogP contribution in [0.1, 0.15) is 18.4 Å². The van der Waals surface area contributed by atoms with Crippen molar-refractivity contribution in [1.82, 2.24) is 39.0 Å². The van der Waals surface area contributed by atoms with Crippen molar-refractivity contribution in [2.24, 2.45) is 0 Å². The first-order valence-electron chi connectivity index (χ1n) is 10.7. The van der Waals surface area contributed by atoms with E-state index in [-0.39, 0.29) is 0 Å². The number of nitrogens with zero attached hydrogens (tertiary/aromatic N) is 8. The van der Waals surface area contributed by atoms with Gasteiger partial charge in [0.05, 0.1) is 52.5 Å². The zero-order chi connectivity index (χ0) is 23.4. The predicted molar refractivity (Wildman–Crippen MR) is 135 cm³/mol. The van der Waals surface area contributed by atoms with Crippen LogP contribution in [-0.4, -0.2) is 45.6 Å². The SMILES string of the molecule is CCn1cnc2c(NCc3nc4cc(Cl)c(Cl)cc4[nH]3)nc(N3CCn4cnc(Br)c4C3)nc21. The average molecular weight is 562 g/mol. The number of benzene rings is 1. The molecule has 0 amide bonds. The molecular weight excluding hydrogens is 543 g/mol. The number of fused-ring (bicyclic) bond motifs is 3. The molecule has 34 heavy (non-hydrogen) atoms. The summed E-state index contributed by atoms with van der Waals surface area (Å²) in [5.41, 5.74) is 4.19. The minimum absolute atomic E-state index is 0.423. The van der Waals surface area contributed by atoms with E-state index in [2.05, 4.69) is 57.6 Å². The number of halogens is 3. The van der Waals surface area contributed by atoms with Gasteiger partial charge in [-0.15, -0.1) is 0 Å². The normalized spacial score (nSPS) is 13.7. The lowest BCUT2D eigenvalue weighted by atomic mass is 10.3. The van der Waals surface area contributed by atoms with Crippen molar-refractivity contribution in [3.63, 3.8) is 0 Å². The number of rotatable bonds is 5. The van der Waals surface area contributed by atoms with Crippen molar-refractivity contribution in [3.05, 3.63) is 51.0 Å². The molecule has 1 aliphatic rings. The molecule has 174 valence electrons. The van der Waals surface area contributed by atoms with Crippen LogP contribution >= 0.6 is 39.1 Å². The number of imidazole rings is 3. The summed E-state index contributed by atoms with van der Waals surface area (Å²) in [4.78, 5) is 28.7. The fourth-order valence-electron chi connectivity index (χ4n) is 4.13. The Morgan fingerprint density at radius 3 is 2.79 bits per heavy atom. The fraction of sp³-hybridized carbons (Fsp3) is 0.286. The Morgan fingerprint density at radius 1 is 1.09 bits per heavy atom. The molecule has 5 aromatic rings. The highest BCUT2D eigenvalue weighted by atomic mass is 79.9. The van der Waals surface area contributed by atoms with Crippen LogP contribution in [0.15, 0.2) is 29.4 Å². The molecule has 2 N–H and O–H groups in total. The Balaban J connectivity index is 1.34. The molecule has 0 atom stereocenters. The molecule has 5 heterocycles. The minimum atomic E-state index is 0.423. The van der Waals surface area contributed by atoms with Crippen LogP contribution in [0.3, 0.4) is 0 Å². The van der Waals surface area contributed by atoms with Crippen molar-refractivity contribution in [3.8, 4) is 0 Å². The lowest BCUT2D eigenvalue weighted by Gasteiger charge is -2.28. The highest BCUT2D eigenvalue weighted by Gasteiger charge is 2.23. The van der Waals surface area contributed by atoms with E-state index in [1.54, 1.807) is 18.5 Å². The first-order chi connectivity index (χ1) is 16.5. The molecule has 0 saturated heterocycles. The Morgan fingerprint density at radius 2 is 1.94 bits per heavy atom. The van der Waals surface area contributed by atoms with Gasteiger partial charge in [-0.05, 0) is 35.0 Å². The van der Waals surface area contributed by atoms with Gasteiger partial charge in [-0.1, -0.05) is 23.2 Å². The number of hydrogen-bond donors (Lipinski definition) is 2. The molecule has 10 nitrogen and oxygen atoms in total. The van der Waals surface area contributed by atoms with Crippen LogP contribution in [0.5, 0.6) is 0 Å². The molecule has 0 aliphatic carbocycles. The zero-order valence-corrected chi connectivity index (χ0v) is 21.2. The second kappa shape index (κ2) is 8.40. The molecule has 0 unspecified atom stereocenters. The van der Waals surface area contributed by atoms with Gasteiger partial charge in [-0.3, -0.25) is 0 Å². The number of nitrogens with one attached hydrogen (secondary N) is 2. The van der Waals surface area contributed by atoms with E-state index in [0.717, 1.165) is 58.0 Å². The highest BCUT2D eigenvalue weighted by Crippen LogP contribution is 2.29. The summed E-state index contributed by atoms with van der Waals surface area (Å²) in [6.07, 6.45) is 3.65. The maximum atomic E-state index is 6.14. The van der Waals surface area contributed by atoms with Gasteiger partial charge in [-0.2, -0.15) is 9.97 Å². The molecule has 0 bridgehead atoms. The molecule has 1 aliphatic heterocycles. The molecule has 6 rings (SSSR count). The number of anilines is 2. The Bertz CT molecular complexity index is 1500. The molecular formula is C21H19BrCl2N10. The van der Waals surface area contributed by atoms with E-state index in [1.165, 1.54) is 0 Å². The molecule has 0 fully saturated rings. The van der Waals surface area contributed by atoms with E-state index in [1.807, 2.05) is 10.9 Å². The summed E-state index contributed by atoms with van der Waals surface area (Å²) in [6, 6.07) is 3.53. The second-order valence-electron chi connectivity index (χ2n) is 7.99. The summed E-state index contributed by atoms with van der Waals surface area (Å²) in [7, 11) is 0. The maximum absolute atomic E-state index is 6.14. The van der Waals surface area contributed by atoms with E-state index < -0.39 is 0 Å². The molecule has 4 aromatic heterocycles. The first kappa shape index (κ1) is 21.6. The van der Waals surface area contributed by atoms with Gasteiger partial charge in [0.2, 0.25) is 5.95 Å². The predicted octanol–water partition coefficient (Wildman–Crippen LogP) is 4.62. The maximum Gasteiger partial charge on any atom is 0.229 e. The summed E-state index contributed by atoms with van der Waals surface area (Å²) >= 11 is 15.8. The molecule has 1 aromatic carbocycles. The number of aromatic amines is 1. The fourth-order valence-corrected chi connectivity index (χ4v) is 4.89. The number of aromatic nitrogens is 8. The van der Waals surface area contributed by atoms with Gasteiger partial charge >= 0.3 is 0 Å². The van der Waals surface area contributed by atoms with Gasteiger partial charge in [0.25, 0.3) is 0 Å². The Kier molecular flexibility index (Phi) is 5.34. The third-order valence-electron chi connectivity index (χ3n) is 5.92. The van der Waals surface area contributed by atoms with Crippen molar-refractivity contribution in [2.75, 3.05) is 16.8 Å². The van der Waals surface area contributed by atoms with Crippen LogP contribution in [0.4, 0.5) is 11.8 Å². The summed E-state index contributed by atoms with van der Waals surface area (Å²) < 4.78 is 5.01. The van der Waals surface area contributed by atoms with Crippen LogP contribution in [-0.2, 0) is 26.2 Å². The number of aryl methyl sites for hydroxylation is 1. The van der Waals surface area contributed by atoms with Crippen molar-refractivity contribution >= 4 is 73.1 Å². The van der Waals surface area contributed by atoms with E-state index in [4.69, 9.17) is 33.2 Å². The molecule has 0 radical (unpaired) electrons. The van der Waals surface area contributed by atoms with E-state index in [9.17, 15) is 0 Å². The largest absolute Gasteiger partial charge is 0.361 e. The van der Waals surface area contributed by atoms with Crippen LogP contribution in [0.2, 0.25) is 10.0 Å². The Labute approximate surface area is 212 Å². The molecule has 0 spiro atoms. The van der Waals surface area contributed by atoms with Gasteiger partial charge in [-0.25, -0.2) is 15.0 Å². The quantitative estimate of drug-likeness (QED) is 0.322. The van der Waals surface area contributed by atoms with Crippen LogP contribution in [0.25, 0.3) is 22.2 Å². The average Bonchev–Trinajstić information content (AvgIpc) is 3.54.